The number of aliphatic carboxylic acids is 1. The number of carboxylic acid groups (broad SMARTS) is 1. The first-order valence-corrected chi connectivity index (χ1v) is 9.27. The molecule has 3 aromatic rings. The van der Waals surface area contributed by atoms with Gasteiger partial charge in [-0.3, -0.25) is 18.8 Å². The summed E-state index contributed by atoms with van der Waals surface area (Å²) in [6, 6.07) is 4.70. The molecule has 0 fully saturated rings. The third-order valence-corrected chi connectivity index (χ3v) is 4.65. The van der Waals surface area contributed by atoms with Gasteiger partial charge in [0.25, 0.3) is 11.8 Å². The summed E-state index contributed by atoms with van der Waals surface area (Å²) in [7, 11) is 1.44. The Hall–Kier alpha value is -3.40. The lowest BCUT2D eigenvalue weighted by Gasteiger charge is -2.11. The van der Waals surface area contributed by atoms with Crippen LogP contribution in [0.5, 0.6) is 5.75 Å². The number of carbonyl (C=O) groups excluding carboxylic acids is 2. The summed E-state index contributed by atoms with van der Waals surface area (Å²) in [6.07, 6.45) is 3.72. The summed E-state index contributed by atoms with van der Waals surface area (Å²) in [6.45, 7) is 0.219. The number of hydrogen-bond donors (Lipinski definition) is 3. The van der Waals surface area contributed by atoms with E-state index >= 15 is 0 Å². The van der Waals surface area contributed by atoms with Crippen molar-refractivity contribution >= 4 is 39.8 Å². The number of hydrogen-bond acceptors (Lipinski definition) is 6. The van der Waals surface area contributed by atoms with Crippen molar-refractivity contribution in [3.63, 3.8) is 0 Å². The maximum Gasteiger partial charge on any atom is 0.303 e. The average molecular weight is 402 g/mol. The van der Waals surface area contributed by atoms with Crippen LogP contribution in [-0.2, 0) is 4.79 Å². The molecule has 0 aliphatic carbocycles. The normalized spacial score (nSPS) is 10.6. The van der Waals surface area contributed by atoms with Gasteiger partial charge in [0, 0.05) is 36.4 Å². The number of carboxylic acids is 1. The predicted molar refractivity (Wildman–Crippen MR) is 103 cm³/mol. The zero-order chi connectivity index (χ0) is 20.1. The van der Waals surface area contributed by atoms with E-state index in [0.29, 0.717) is 22.8 Å². The number of ether oxygens (including phenoxy) is 1. The van der Waals surface area contributed by atoms with E-state index in [1.807, 2.05) is 11.6 Å². The summed E-state index contributed by atoms with van der Waals surface area (Å²) in [4.78, 5) is 40.3. The highest BCUT2D eigenvalue weighted by molar-refractivity contribution is 7.15. The largest absolute Gasteiger partial charge is 0.496 e. The summed E-state index contributed by atoms with van der Waals surface area (Å²) in [5, 5.41) is 15.9. The first-order chi connectivity index (χ1) is 13.5. The Morgan fingerprint density at radius 1 is 1.29 bits per heavy atom. The van der Waals surface area contributed by atoms with Gasteiger partial charge in [-0.1, -0.05) is 0 Å². The van der Waals surface area contributed by atoms with E-state index in [2.05, 4.69) is 15.6 Å². The highest BCUT2D eigenvalue weighted by Crippen LogP contribution is 2.23. The molecule has 0 aliphatic heterocycles. The number of nitrogens with one attached hydrogen (secondary N) is 2. The summed E-state index contributed by atoms with van der Waals surface area (Å²) in [5.41, 5.74) is 0.918. The number of imidazole rings is 1. The van der Waals surface area contributed by atoms with Crippen LogP contribution in [0.4, 0.5) is 5.69 Å². The van der Waals surface area contributed by atoms with Crippen LogP contribution in [0.25, 0.3) is 4.96 Å². The van der Waals surface area contributed by atoms with Crippen LogP contribution in [0.2, 0.25) is 0 Å². The van der Waals surface area contributed by atoms with E-state index in [9.17, 15) is 14.4 Å². The van der Waals surface area contributed by atoms with Crippen LogP contribution in [-0.4, -0.2) is 45.9 Å². The third-order valence-electron chi connectivity index (χ3n) is 3.88. The first kappa shape index (κ1) is 19.4. The number of amides is 2. The fraction of sp³-hybridized carbons (Fsp3) is 0.222. The molecule has 0 spiro atoms. The monoisotopic (exact) mass is 402 g/mol. The molecule has 3 rings (SSSR count). The second-order valence-corrected chi connectivity index (χ2v) is 6.71. The summed E-state index contributed by atoms with van der Waals surface area (Å²) >= 11 is 1.42. The molecule has 0 aliphatic rings. The molecule has 0 radical (unpaired) electrons. The van der Waals surface area contributed by atoms with Crippen LogP contribution < -0.4 is 15.4 Å². The Balaban J connectivity index is 1.70. The molecule has 2 aromatic heterocycles. The minimum atomic E-state index is -0.921. The second kappa shape index (κ2) is 8.53. The molecule has 0 saturated carbocycles. The van der Waals surface area contributed by atoms with E-state index in [1.54, 1.807) is 22.7 Å². The highest BCUT2D eigenvalue weighted by atomic mass is 32.1. The Morgan fingerprint density at radius 2 is 2.11 bits per heavy atom. The number of thiazole rings is 1. The van der Waals surface area contributed by atoms with E-state index in [1.165, 1.54) is 24.5 Å². The molecule has 2 heterocycles. The standard InChI is InChI=1S/C18H18N4O5S/c1-27-14-5-4-11(9-12(14)16(25)19-6-2-3-15(23)24)20-17(26)13-10-22-7-8-28-18(22)21-13/h4-5,7-10H,2-3,6H2,1H3,(H,19,25)(H,20,26)(H,23,24). The fourth-order valence-corrected chi connectivity index (χ4v) is 3.23. The van der Waals surface area contributed by atoms with Crippen LogP contribution in [0, 0.1) is 0 Å². The zero-order valence-corrected chi connectivity index (χ0v) is 15.8. The first-order valence-electron chi connectivity index (χ1n) is 8.39. The quantitative estimate of drug-likeness (QED) is 0.497. The van der Waals surface area contributed by atoms with Gasteiger partial charge in [-0.25, -0.2) is 4.98 Å². The number of anilines is 1. The van der Waals surface area contributed by atoms with Crippen LogP contribution >= 0.6 is 11.3 Å². The van der Waals surface area contributed by atoms with E-state index in [4.69, 9.17) is 9.84 Å². The molecule has 2 amide bonds. The van der Waals surface area contributed by atoms with Gasteiger partial charge in [0.15, 0.2) is 4.96 Å². The van der Waals surface area contributed by atoms with Crippen molar-refractivity contribution in [2.24, 2.45) is 0 Å². The average Bonchev–Trinajstić information content (AvgIpc) is 3.27. The van der Waals surface area contributed by atoms with Crippen molar-refractivity contribution < 1.29 is 24.2 Å². The van der Waals surface area contributed by atoms with Gasteiger partial charge in [0.2, 0.25) is 0 Å². The zero-order valence-electron chi connectivity index (χ0n) is 15.0. The Bertz CT molecular complexity index is 998. The molecule has 9 nitrogen and oxygen atoms in total. The number of methoxy groups -OCH3 is 1. The van der Waals surface area contributed by atoms with Gasteiger partial charge in [0.1, 0.15) is 11.4 Å². The number of carbonyl (C=O) groups is 3. The lowest BCUT2D eigenvalue weighted by atomic mass is 10.1. The lowest BCUT2D eigenvalue weighted by molar-refractivity contribution is -0.137. The Labute approximate surface area is 164 Å². The summed E-state index contributed by atoms with van der Waals surface area (Å²) < 4.78 is 6.96. The van der Waals surface area contributed by atoms with Crippen molar-refractivity contribution in [3.8, 4) is 5.75 Å². The number of fused-ring (bicyclic) bond motifs is 1. The van der Waals surface area contributed by atoms with Gasteiger partial charge in [-0.15, -0.1) is 11.3 Å². The van der Waals surface area contributed by atoms with Crippen molar-refractivity contribution in [1.29, 1.82) is 0 Å². The van der Waals surface area contributed by atoms with Crippen molar-refractivity contribution in [2.75, 3.05) is 19.0 Å². The van der Waals surface area contributed by atoms with Gasteiger partial charge >= 0.3 is 5.97 Å². The van der Waals surface area contributed by atoms with Crippen LogP contribution in [0.3, 0.4) is 0 Å². The highest BCUT2D eigenvalue weighted by Gasteiger charge is 2.16. The van der Waals surface area contributed by atoms with Gasteiger partial charge in [-0.05, 0) is 24.6 Å². The maximum atomic E-state index is 12.4. The molecule has 146 valence electrons. The maximum absolute atomic E-state index is 12.4. The topological polar surface area (TPSA) is 122 Å². The molecule has 28 heavy (non-hydrogen) atoms. The van der Waals surface area contributed by atoms with E-state index in [0.717, 1.165) is 0 Å². The van der Waals surface area contributed by atoms with Crippen LogP contribution in [0.15, 0.2) is 36.0 Å². The minimum Gasteiger partial charge on any atom is -0.496 e. The van der Waals surface area contributed by atoms with Crippen molar-refractivity contribution in [1.82, 2.24) is 14.7 Å². The number of benzene rings is 1. The SMILES string of the molecule is COc1ccc(NC(=O)c2cn3ccsc3n2)cc1C(=O)NCCCC(=O)O. The van der Waals surface area contributed by atoms with Gasteiger partial charge in [-0.2, -0.15) is 0 Å². The van der Waals surface area contributed by atoms with Gasteiger partial charge < -0.3 is 20.5 Å². The lowest BCUT2D eigenvalue weighted by Crippen LogP contribution is -2.25. The van der Waals surface area contributed by atoms with Crippen molar-refractivity contribution in [3.05, 3.63) is 47.2 Å². The molecule has 1 aromatic carbocycles. The molecular weight excluding hydrogens is 384 g/mol. The molecule has 3 N–H and O–H groups in total. The minimum absolute atomic E-state index is 0.0321. The number of rotatable bonds is 8. The fourth-order valence-electron chi connectivity index (χ4n) is 2.53. The smallest absolute Gasteiger partial charge is 0.303 e. The number of nitrogens with zero attached hydrogens (tertiary/aromatic N) is 2. The van der Waals surface area contributed by atoms with Gasteiger partial charge in [0.05, 0.1) is 12.7 Å². The van der Waals surface area contributed by atoms with Crippen LogP contribution in [0.1, 0.15) is 33.7 Å². The van der Waals surface area contributed by atoms with Crippen molar-refractivity contribution in [2.45, 2.75) is 12.8 Å². The molecule has 0 atom stereocenters. The molecule has 10 heteroatoms. The van der Waals surface area contributed by atoms with E-state index < -0.39 is 17.8 Å². The second-order valence-electron chi connectivity index (χ2n) is 5.84. The molecular formula is C18H18N4O5S. The Kier molecular flexibility index (Phi) is 5.90. The Morgan fingerprint density at radius 3 is 2.82 bits per heavy atom. The third kappa shape index (κ3) is 4.46. The number of aromatic nitrogens is 2. The van der Waals surface area contributed by atoms with E-state index in [-0.39, 0.29) is 24.2 Å². The summed E-state index contributed by atoms with van der Waals surface area (Å²) in [5.74, 6) is -1.39. The predicted octanol–water partition coefficient (Wildman–Crippen LogP) is 2.25. The molecule has 0 saturated heterocycles. The molecule has 0 bridgehead atoms. The molecule has 0 unspecified atom stereocenters.